The van der Waals surface area contributed by atoms with Crippen molar-refractivity contribution in [3.8, 4) is 22.9 Å². The van der Waals surface area contributed by atoms with Gasteiger partial charge < -0.3 is 9.29 Å². The van der Waals surface area contributed by atoms with Crippen LogP contribution in [0.15, 0.2) is 76.5 Å². The molecule has 1 aliphatic heterocycles. The van der Waals surface area contributed by atoms with Crippen LogP contribution in [0.5, 0.6) is 5.75 Å². The minimum Gasteiger partial charge on any atom is -0.611 e. The van der Waals surface area contributed by atoms with Gasteiger partial charge in [0.05, 0.1) is 30.2 Å². The number of nitriles is 1. The lowest BCUT2D eigenvalue weighted by Gasteiger charge is -2.31. The zero-order chi connectivity index (χ0) is 21.3. The normalized spacial score (nSPS) is 15.9. The molecule has 0 N–H and O–H groups in total. The summed E-state index contributed by atoms with van der Waals surface area (Å²) in [4.78, 5) is 0.640. The van der Waals surface area contributed by atoms with Crippen molar-refractivity contribution in [3.63, 3.8) is 0 Å². The summed E-state index contributed by atoms with van der Waals surface area (Å²) in [5, 5.41) is 8.99. The van der Waals surface area contributed by atoms with E-state index in [1.54, 1.807) is 36.4 Å². The maximum absolute atomic E-state index is 13.3. The van der Waals surface area contributed by atoms with E-state index in [0.717, 1.165) is 11.1 Å². The number of anilines is 1. The molecule has 0 fully saturated rings. The highest BCUT2D eigenvalue weighted by molar-refractivity contribution is 7.94. The zero-order valence-electron chi connectivity index (χ0n) is 16.1. The quantitative estimate of drug-likeness (QED) is 0.581. The molecule has 30 heavy (non-hydrogen) atoms. The molecule has 0 bridgehead atoms. The fourth-order valence-electron chi connectivity index (χ4n) is 3.34. The Hall–Kier alpha value is -2.99. The number of benzene rings is 3. The number of ether oxygens (including phenoxy) is 1. The zero-order valence-corrected chi connectivity index (χ0v) is 17.7. The van der Waals surface area contributed by atoms with Gasteiger partial charge in [-0.25, -0.2) is 8.42 Å². The van der Waals surface area contributed by atoms with E-state index in [-0.39, 0.29) is 17.2 Å². The molecule has 4 rings (SSSR count). The van der Waals surface area contributed by atoms with Gasteiger partial charge in [-0.3, -0.25) is 4.31 Å². The molecule has 0 aliphatic carbocycles. The van der Waals surface area contributed by atoms with Crippen molar-refractivity contribution in [1.82, 2.24) is 0 Å². The third-order valence-electron chi connectivity index (χ3n) is 4.95. The van der Waals surface area contributed by atoms with Gasteiger partial charge in [0.2, 0.25) is 0 Å². The van der Waals surface area contributed by atoms with Crippen molar-refractivity contribution in [3.05, 3.63) is 72.3 Å². The predicted octanol–water partition coefficient (Wildman–Crippen LogP) is 3.55. The second-order valence-corrected chi connectivity index (χ2v) is 10.1. The third kappa shape index (κ3) is 3.63. The average molecular weight is 439 g/mol. The summed E-state index contributed by atoms with van der Waals surface area (Å²) in [5.74, 6) is 0.802. The van der Waals surface area contributed by atoms with Crippen LogP contribution in [0.3, 0.4) is 0 Å². The van der Waals surface area contributed by atoms with E-state index in [1.807, 2.05) is 18.2 Å². The summed E-state index contributed by atoms with van der Waals surface area (Å²) in [6.45, 7) is 0.130. The summed E-state index contributed by atoms with van der Waals surface area (Å²) in [5.41, 5.74) is 2.58. The molecular weight excluding hydrogens is 420 g/mol. The van der Waals surface area contributed by atoms with Crippen LogP contribution >= 0.6 is 0 Å². The SMILES string of the molecule is COc1ccc(S(=O)(=O)N2CC[S+]([O-])c3ccc(-c4ccc(C#N)cc4)cc32)cc1. The number of nitrogens with zero attached hydrogens (tertiary/aromatic N) is 2. The van der Waals surface area contributed by atoms with Gasteiger partial charge in [0.1, 0.15) is 17.2 Å². The van der Waals surface area contributed by atoms with Gasteiger partial charge >= 0.3 is 0 Å². The predicted molar refractivity (Wildman–Crippen MR) is 115 cm³/mol. The van der Waals surface area contributed by atoms with Crippen LogP contribution in [-0.2, 0) is 21.2 Å². The Morgan fingerprint density at radius 1 is 1.03 bits per heavy atom. The van der Waals surface area contributed by atoms with Crippen LogP contribution in [0.2, 0.25) is 0 Å². The first-order valence-corrected chi connectivity index (χ1v) is 11.9. The van der Waals surface area contributed by atoms with Gasteiger partial charge in [-0.1, -0.05) is 12.1 Å². The average Bonchev–Trinajstić information content (AvgIpc) is 2.79. The Bertz CT molecular complexity index is 1220. The van der Waals surface area contributed by atoms with Crippen molar-refractivity contribution >= 4 is 26.9 Å². The van der Waals surface area contributed by atoms with Crippen LogP contribution in [-0.4, -0.2) is 32.4 Å². The molecule has 152 valence electrons. The summed E-state index contributed by atoms with van der Waals surface area (Å²) in [7, 11) is -2.31. The van der Waals surface area contributed by atoms with Crippen molar-refractivity contribution in [1.29, 1.82) is 5.26 Å². The van der Waals surface area contributed by atoms with Gasteiger partial charge in [0.25, 0.3) is 10.0 Å². The van der Waals surface area contributed by atoms with Crippen molar-refractivity contribution in [2.45, 2.75) is 9.79 Å². The number of sulfonamides is 1. The fourth-order valence-corrected chi connectivity index (χ4v) is 6.18. The molecule has 1 aliphatic rings. The van der Waals surface area contributed by atoms with E-state index < -0.39 is 21.2 Å². The lowest BCUT2D eigenvalue weighted by molar-refractivity contribution is 0.414. The summed E-state index contributed by atoms with van der Waals surface area (Å²) in [6, 6.07) is 20.6. The molecule has 0 saturated carbocycles. The van der Waals surface area contributed by atoms with Crippen molar-refractivity contribution in [2.75, 3.05) is 23.7 Å². The van der Waals surface area contributed by atoms with E-state index >= 15 is 0 Å². The standard InChI is InChI=1S/C22H18N2O4S2/c1-28-19-7-9-20(10-8-19)30(26,27)24-12-13-29(25)22-11-6-18(14-21(22)24)17-4-2-16(15-23)3-5-17/h2-11,14H,12-13H2,1H3. The summed E-state index contributed by atoms with van der Waals surface area (Å²) in [6.07, 6.45) is 0. The molecule has 1 atom stereocenters. The van der Waals surface area contributed by atoms with E-state index in [9.17, 15) is 13.0 Å². The Kier molecular flexibility index (Phi) is 5.43. The minimum atomic E-state index is -3.83. The lowest BCUT2D eigenvalue weighted by Crippen LogP contribution is -2.39. The van der Waals surface area contributed by atoms with Gasteiger partial charge in [0, 0.05) is 0 Å². The van der Waals surface area contributed by atoms with Crippen LogP contribution in [0, 0.1) is 11.3 Å². The smallest absolute Gasteiger partial charge is 0.264 e. The topological polar surface area (TPSA) is 93.5 Å². The molecular formula is C22H18N2O4S2. The molecule has 1 unspecified atom stereocenters. The van der Waals surface area contributed by atoms with Crippen LogP contribution in [0.25, 0.3) is 11.1 Å². The molecule has 0 aromatic heterocycles. The highest BCUT2D eigenvalue weighted by Gasteiger charge is 2.35. The number of methoxy groups -OCH3 is 1. The monoisotopic (exact) mass is 438 g/mol. The van der Waals surface area contributed by atoms with Crippen molar-refractivity contribution < 1.29 is 17.7 Å². The molecule has 3 aromatic rings. The minimum absolute atomic E-state index is 0.130. The number of fused-ring (bicyclic) bond motifs is 1. The Morgan fingerprint density at radius 3 is 2.33 bits per heavy atom. The summed E-state index contributed by atoms with van der Waals surface area (Å²) < 4.78 is 45.7. The van der Waals surface area contributed by atoms with E-state index in [1.165, 1.54) is 23.5 Å². The maximum Gasteiger partial charge on any atom is 0.264 e. The molecule has 0 radical (unpaired) electrons. The largest absolute Gasteiger partial charge is 0.611 e. The third-order valence-corrected chi connectivity index (χ3v) is 8.16. The molecule has 0 amide bonds. The van der Waals surface area contributed by atoms with Gasteiger partial charge in [-0.05, 0) is 76.9 Å². The second-order valence-electron chi connectivity index (χ2n) is 6.67. The Labute approximate surface area is 178 Å². The van der Waals surface area contributed by atoms with Crippen LogP contribution < -0.4 is 9.04 Å². The summed E-state index contributed by atoms with van der Waals surface area (Å²) >= 11 is -1.27. The fraction of sp³-hybridized carbons (Fsp3) is 0.136. The highest BCUT2D eigenvalue weighted by Crippen LogP contribution is 2.37. The highest BCUT2D eigenvalue weighted by atomic mass is 32.2. The maximum atomic E-state index is 13.3. The van der Waals surface area contributed by atoms with E-state index in [4.69, 9.17) is 10.00 Å². The van der Waals surface area contributed by atoms with Crippen LogP contribution in [0.4, 0.5) is 5.69 Å². The molecule has 0 saturated heterocycles. The molecule has 1 heterocycles. The molecule has 6 nitrogen and oxygen atoms in total. The first-order chi connectivity index (χ1) is 14.4. The molecule has 0 spiro atoms. The number of rotatable bonds is 4. The molecule has 8 heteroatoms. The van der Waals surface area contributed by atoms with Gasteiger partial charge in [-0.2, -0.15) is 5.26 Å². The van der Waals surface area contributed by atoms with E-state index in [0.29, 0.717) is 21.9 Å². The van der Waals surface area contributed by atoms with Gasteiger partial charge in [0.15, 0.2) is 4.90 Å². The Balaban J connectivity index is 1.78. The first kappa shape index (κ1) is 20.3. The molecule has 3 aromatic carbocycles. The second kappa shape index (κ2) is 8.03. The number of hydrogen-bond acceptors (Lipinski definition) is 5. The van der Waals surface area contributed by atoms with Crippen molar-refractivity contribution in [2.24, 2.45) is 0 Å². The Morgan fingerprint density at radius 2 is 1.70 bits per heavy atom. The first-order valence-electron chi connectivity index (χ1n) is 9.14. The van der Waals surface area contributed by atoms with Crippen LogP contribution in [0.1, 0.15) is 5.56 Å². The van der Waals surface area contributed by atoms with Gasteiger partial charge in [-0.15, -0.1) is 0 Å². The number of hydrogen-bond donors (Lipinski definition) is 0. The lowest BCUT2D eigenvalue weighted by atomic mass is 10.0. The van der Waals surface area contributed by atoms with E-state index in [2.05, 4.69) is 6.07 Å².